The van der Waals surface area contributed by atoms with Crippen LogP contribution >= 0.6 is 0 Å². The lowest BCUT2D eigenvalue weighted by molar-refractivity contribution is -0.114. The van der Waals surface area contributed by atoms with Crippen molar-refractivity contribution in [3.05, 3.63) is 90.5 Å². The lowest BCUT2D eigenvalue weighted by Gasteiger charge is -2.12. The van der Waals surface area contributed by atoms with E-state index >= 15 is 0 Å². The first kappa shape index (κ1) is 17.9. The van der Waals surface area contributed by atoms with Crippen molar-refractivity contribution in [3.63, 3.8) is 0 Å². The molecule has 1 aliphatic heterocycles. The maximum absolute atomic E-state index is 13.1. The van der Waals surface area contributed by atoms with Crippen molar-refractivity contribution in [2.75, 3.05) is 10.7 Å². The van der Waals surface area contributed by atoms with Gasteiger partial charge >= 0.3 is 0 Å². The van der Waals surface area contributed by atoms with Gasteiger partial charge in [-0.25, -0.2) is 8.42 Å². The van der Waals surface area contributed by atoms with E-state index in [2.05, 4.69) is 15.8 Å². The summed E-state index contributed by atoms with van der Waals surface area (Å²) in [5.41, 5.74) is 4.68. The number of rotatable bonds is 4. The van der Waals surface area contributed by atoms with Crippen LogP contribution in [0.3, 0.4) is 0 Å². The Morgan fingerprint density at radius 2 is 1.36 bits per heavy atom. The number of amides is 1. The minimum absolute atomic E-state index is 0.108. The topological polar surface area (TPSA) is 87.6 Å². The molecular weight excluding hydrogens is 374 g/mol. The maximum atomic E-state index is 13.1. The molecule has 1 aliphatic rings. The molecule has 0 unspecified atom stereocenters. The molecule has 28 heavy (non-hydrogen) atoms. The molecule has 0 fully saturated rings. The molecule has 0 saturated heterocycles. The van der Waals surface area contributed by atoms with Gasteiger partial charge in [0.2, 0.25) is 5.91 Å². The SMILES string of the molecule is O=C(Nc1ccccc1)[C@@H]1/C(=N/Nc2ccccc2)c2ccccc2S1(=O)=O. The van der Waals surface area contributed by atoms with E-state index in [4.69, 9.17) is 0 Å². The van der Waals surface area contributed by atoms with Gasteiger partial charge in [-0.15, -0.1) is 0 Å². The molecular formula is C21H17N3O3S. The van der Waals surface area contributed by atoms with E-state index in [1.807, 2.05) is 24.3 Å². The van der Waals surface area contributed by atoms with Crippen LogP contribution in [0.1, 0.15) is 5.56 Å². The molecule has 0 bridgehead atoms. The van der Waals surface area contributed by atoms with Gasteiger partial charge in [0.15, 0.2) is 15.1 Å². The minimum atomic E-state index is -3.90. The molecule has 1 atom stereocenters. The zero-order valence-electron chi connectivity index (χ0n) is 14.7. The monoisotopic (exact) mass is 391 g/mol. The summed E-state index contributed by atoms with van der Waals surface area (Å²) in [6.07, 6.45) is 0. The first-order valence-electron chi connectivity index (χ1n) is 8.65. The van der Waals surface area contributed by atoms with Crippen LogP contribution in [-0.4, -0.2) is 25.3 Å². The lowest BCUT2D eigenvalue weighted by Crippen LogP contribution is -2.37. The fraction of sp³-hybridized carbons (Fsp3) is 0.0476. The van der Waals surface area contributed by atoms with Gasteiger partial charge in [0, 0.05) is 11.3 Å². The Morgan fingerprint density at radius 1 is 0.786 bits per heavy atom. The molecule has 3 aromatic rings. The Morgan fingerprint density at radius 3 is 2.04 bits per heavy atom. The average Bonchev–Trinajstić information content (AvgIpc) is 2.95. The van der Waals surface area contributed by atoms with Crippen LogP contribution < -0.4 is 10.7 Å². The molecule has 0 aromatic heterocycles. The quantitative estimate of drug-likeness (QED) is 0.668. The molecule has 7 heteroatoms. The number of hydrogen-bond donors (Lipinski definition) is 2. The van der Waals surface area contributed by atoms with Crippen molar-refractivity contribution in [1.29, 1.82) is 0 Å². The summed E-state index contributed by atoms with van der Waals surface area (Å²) in [4.78, 5) is 13.0. The normalized spacial score (nSPS) is 18.4. The van der Waals surface area contributed by atoms with Crippen LogP contribution in [-0.2, 0) is 14.6 Å². The van der Waals surface area contributed by atoms with E-state index in [1.54, 1.807) is 54.6 Å². The number of anilines is 2. The fourth-order valence-electron chi connectivity index (χ4n) is 3.09. The van der Waals surface area contributed by atoms with Crippen molar-refractivity contribution < 1.29 is 13.2 Å². The Hall–Kier alpha value is -3.45. The van der Waals surface area contributed by atoms with Crippen LogP contribution in [0.2, 0.25) is 0 Å². The molecule has 140 valence electrons. The molecule has 0 radical (unpaired) electrons. The standard InChI is InChI=1S/C21H17N3O3S/c25-21(22-15-9-3-1-4-10-15)20-19(24-23-16-11-5-2-6-12-16)17-13-7-8-14-18(17)28(20,26)27/h1-14,20,23H,(H,22,25)/b24-19+/t20-/m0/s1. The molecule has 1 heterocycles. The number of fused-ring (bicyclic) bond motifs is 1. The third-order valence-electron chi connectivity index (χ3n) is 4.39. The van der Waals surface area contributed by atoms with E-state index in [9.17, 15) is 13.2 Å². The van der Waals surface area contributed by atoms with Gasteiger partial charge in [-0.1, -0.05) is 54.6 Å². The summed E-state index contributed by atoms with van der Waals surface area (Å²) in [6, 6.07) is 24.4. The third-order valence-corrected chi connectivity index (χ3v) is 6.41. The van der Waals surface area contributed by atoms with Crippen molar-refractivity contribution >= 4 is 32.8 Å². The van der Waals surface area contributed by atoms with Crippen LogP contribution in [0, 0.1) is 0 Å². The van der Waals surface area contributed by atoms with Gasteiger partial charge in [0.1, 0.15) is 0 Å². The average molecular weight is 391 g/mol. The Bertz CT molecular complexity index is 1140. The van der Waals surface area contributed by atoms with Gasteiger partial charge in [-0.05, 0) is 30.3 Å². The summed E-state index contributed by atoms with van der Waals surface area (Å²) < 4.78 is 26.1. The summed E-state index contributed by atoms with van der Waals surface area (Å²) in [6.45, 7) is 0. The van der Waals surface area contributed by atoms with Gasteiger partial charge in [0.25, 0.3) is 0 Å². The predicted octanol–water partition coefficient (Wildman–Crippen LogP) is 3.30. The zero-order valence-corrected chi connectivity index (χ0v) is 15.6. The molecule has 6 nitrogen and oxygen atoms in total. The van der Waals surface area contributed by atoms with Gasteiger partial charge in [-0.2, -0.15) is 5.10 Å². The molecule has 0 aliphatic carbocycles. The number of para-hydroxylation sites is 2. The summed E-state index contributed by atoms with van der Waals surface area (Å²) in [7, 11) is -3.90. The smallest absolute Gasteiger partial charge is 0.249 e. The summed E-state index contributed by atoms with van der Waals surface area (Å²) >= 11 is 0. The second-order valence-corrected chi connectivity index (χ2v) is 8.25. The highest BCUT2D eigenvalue weighted by molar-refractivity contribution is 7.94. The van der Waals surface area contributed by atoms with Crippen LogP contribution in [0.25, 0.3) is 0 Å². The van der Waals surface area contributed by atoms with Crippen molar-refractivity contribution in [2.24, 2.45) is 5.10 Å². The number of benzene rings is 3. The highest BCUT2D eigenvalue weighted by atomic mass is 32.2. The number of carbonyl (C=O) groups excluding carboxylic acids is 1. The van der Waals surface area contributed by atoms with Gasteiger partial charge < -0.3 is 5.32 Å². The van der Waals surface area contributed by atoms with Crippen molar-refractivity contribution in [2.45, 2.75) is 10.1 Å². The number of nitrogens with zero attached hydrogens (tertiary/aromatic N) is 1. The third kappa shape index (κ3) is 3.27. The number of nitrogens with one attached hydrogen (secondary N) is 2. The number of carbonyl (C=O) groups is 1. The first-order chi connectivity index (χ1) is 13.6. The predicted molar refractivity (Wildman–Crippen MR) is 109 cm³/mol. The second kappa shape index (κ2) is 7.28. The van der Waals surface area contributed by atoms with E-state index < -0.39 is 21.0 Å². The number of hydrogen-bond acceptors (Lipinski definition) is 5. The number of hydrazone groups is 1. The Kier molecular flexibility index (Phi) is 4.67. The maximum Gasteiger partial charge on any atom is 0.249 e. The summed E-state index contributed by atoms with van der Waals surface area (Å²) in [5, 5.41) is 5.55. The van der Waals surface area contributed by atoms with Crippen molar-refractivity contribution in [1.82, 2.24) is 0 Å². The summed E-state index contributed by atoms with van der Waals surface area (Å²) in [5.74, 6) is -0.643. The highest BCUT2D eigenvalue weighted by Crippen LogP contribution is 2.32. The van der Waals surface area contributed by atoms with Gasteiger partial charge in [-0.3, -0.25) is 10.2 Å². The minimum Gasteiger partial charge on any atom is -0.325 e. The van der Waals surface area contributed by atoms with Gasteiger partial charge in [0.05, 0.1) is 16.3 Å². The van der Waals surface area contributed by atoms with E-state index in [1.165, 1.54) is 6.07 Å². The number of sulfone groups is 1. The molecule has 4 rings (SSSR count). The van der Waals surface area contributed by atoms with E-state index in [0.29, 0.717) is 16.9 Å². The second-order valence-electron chi connectivity index (χ2n) is 6.25. The van der Waals surface area contributed by atoms with E-state index in [-0.39, 0.29) is 10.6 Å². The van der Waals surface area contributed by atoms with Crippen molar-refractivity contribution in [3.8, 4) is 0 Å². The largest absolute Gasteiger partial charge is 0.325 e. The van der Waals surface area contributed by atoms with Crippen LogP contribution in [0.5, 0.6) is 0 Å². The zero-order chi connectivity index (χ0) is 19.6. The molecule has 1 amide bonds. The highest BCUT2D eigenvalue weighted by Gasteiger charge is 2.47. The molecule has 0 saturated carbocycles. The lowest BCUT2D eigenvalue weighted by atomic mass is 10.1. The van der Waals surface area contributed by atoms with Crippen LogP contribution in [0.15, 0.2) is 94.9 Å². The molecule has 0 spiro atoms. The molecule has 3 aromatic carbocycles. The fourth-order valence-corrected chi connectivity index (χ4v) is 4.91. The Labute approximate surface area is 162 Å². The van der Waals surface area contributed by atoms with E-state index in [0.717, 1.165) is 0 Å². The molecule has 2 N–H and O–H groups in total. The Balaban J connectivity index is 1.74. The van der Waals surface area contributed by atoms with Crippen LogP contribution in [0.4, 0.5) is 11.4 Å². The first-order valence-corrected chi connectivity index (χ1v) is 10.2.